The molecule has 0 aromatic carbocycles. The number of nitrogens with one attached hydrogen (secondary N) is 3. The Balaban J connectivity index is 2.88. The highest BCUT2D eigenvalue weighted by Crippen LogP contribution is 2.16. The summed E-state index contributed by atoms with van der Waals surface area (Å²) in [6, 6.07) is 2.64. The Kier molecular flexibility index (Phi) is 5.03. The highest BCUT2D eigenvalue weighted by molar-refractivity contribution is 7.89. The largest absolute Gasteiger partial charge is 0.359 e. The van der Waals surface area contributed by atoms with Crippen molar-refractivity contribution in [2.75, 3.05) is 19.0 Å². The molecule has 0 fully saturated rings. The Bertz CT molecular complexity index is 585. The first-order chi connectivity index (χ1) is 9.23. The Morgan fingerprint density at radius 1 is 1.45 bits per heavy atom. The van der Waals surface area contributed by atoms with E-state index in [1.807, 2.05) is 0 Å². The molecule has 8 nitrogen and oxygen atoms in total. The van der Waals surface area contributed by atoms with Crippen LogP contribution >= 0.6 is 0 Å². The van der Waals surface area contributed by atoms with Crippen molar-refractivity contribution < 1.29 is 13.2 Å². The zero-order valence-corrected chi connectivity index (χ0v) is 12.4. The van der Waals surface area contributed by atoms with Gasteiger partial charge in [0.2, 0.25) is 15.9 Å². The maximum Gasteiger partial charge on any atom is 0.240 e. The van der Waals surface area contributed by atoms with Crippen LogP contribution in [0.2, 0.25) is 0 Å². The topological polar surface area (TPSA) is 126 Å². The van der Waals surface area contributed by atoms with E-state index in [4.69, 9.17) is 5.84 Å². The molecule has 20 heavy (non-hydrogen) atoms. The smallest absolute Gasteiger partial charge is 0.240 e. The van der Waals surface area contributed by atoms with Gasteiger partial charge >= 0.3 is 0 Å². The Morgan fingerprint density at radius 3 is 2.65 bits per heavy atom. The van der Waals surface area contributed by atoms with Crippen LogP contribution in [0.15, 0.2) is 23.2 Å². The highest BCUT2D eigenvalue weighted by atomic mass is 32.2. The van der Waals surface area contributed by atoms with Crippen molar-refractivity contribution in [3.05, 3.63) is 18.3 Å². The van der Waals surface area contributed by atoms with Gasteiger partial charge in [-0.15, -0.1) is 0 Å². The number of nitrogens with two attached hydrogens (primary N) is 1. The van der Waals surface area contributed by atoms with E-state index in [-0.39, 0.29) is 23.2 Å². The Morgan fingerprint density at radius 2 is 2.10 bits per heavy atom. The lowest BCUT2D eigenvalue weighted by atomic mass is 9.93. The average molecular weight is 301 g/mol. The molecular formula is C11H19N5O3S. The summed E-state index contributed by atoms with van der Waals surface area (Å²) in [4.78, 5) is 15.5. The van der Waals surface area contributed by atoms with E-state index in [9.17, 15) is 13.2 Å². The summed E-state index contributed by atoms with van der Waals surface area (Å²) in [6.45, 7) is 3.27. The number of amides is 1. The number of carbonyl (C=O) groups is 1. The molecule has 1 heterocycles. The minimum Gasteiger partial charge on any atom is -0.359 e. The van der Waals surface area contributed by atoms with Crippen LogP contribution in [-0.2, 0) is 14.8 Å². The quantitative estimate of drug-likeness (QED) is 0.411. The number of hydrogen-bond donors (Lipinski definition) is 4. The van der Waals surface area contributed by atoms with Gasteiger partial charge in [-0.1, -0.05) is 0 Å². The zero-order valence-electron chi connectivity index (χ0n) is 11.6. The standard InChI is InChI=1S/C11H19N5O3S/c1-11(2,10(17)13-3)7-15-20(18,19)8-4-5-14-9(6-8)16-12/h4-6,15H,7,12H2,1-3H3,(H,13,17)(H,14,16). The van der Waals surface area contributed by atoms with Crippen molar-refractivity contribution in [3.63, 3.8) is 0 Å². The molecule has 0 aliphatic carbocycles. The molecule has 0 atom stereocenters. The number of pyridine rings is 1. The van der Waals surface area contributed by atoms with Gasteiger partial charge in [-0.05, 0) is 19.9 Å². The molecular weight excluding hydrogens is 282 g/mol. The van der Waals surface area contributed by atoms with Crippen LogP contribution in [0.5, 0.6) is 0 Å². The van der Waals surface area contributed by atoms with Gasteiger partial charge in [0, 0.05) is 25.9 Å². The number of anilines is 1. The van der Waals surface area contributed by atoms with E-state index in [1.165, 1.54) is 25.4 Å². The Labute approximate surface area is 118 Å². The van der Waals surface area contributed by atoms with Gasteiger partial charge in [-0.25, -0.2) is 24.0 Å². The molecule has 1 amide bonds. The van der Waals surface area contributed by atoms with E-state index < -0.39 is 15.4 Å². The van der Waals surface area contributed by atoms with Crippen LogP contribution in [0.4, 0.5) is 5.82 Å². The molecule has 0 spiro atoms. The molecule has 5 N–H and O–H groups in total. The van der Waals surface area contributed by atoms with E-state index in [0.717, 1.165) is 0 Å². The first-order valence-corrected chi connectivity index (χ1v) is 7.36. The summed E-state index contributed by atoms with van der Waals surface area (Å²) in [6.07, 6.45) is 1.33. The Hall–Kier alpha value is -1.71. The summed E-state index contributed by atoms with van der Waals surface area (Å²) in [5.41, 5.74) is 1.41. The van der Waals surface area contributed by atoms with Crippen LogP contribution in [0.25, 0.3) is 0 Å². The van der Waals surface area contributed by atoms with Gasteiger partial charge in [0.25, 0.3) is 0 Å². The molecule has 1 aromatic heterocycles. The number of carbonyl (C=O) groups excluding carboxylic acids is 1. The van der Waals surface area contributed by atoms with Gasteiger partial charge < -0.3 is 10.7 Å². The minimum absolute atomic E-state index is 0.0214. The molecule has 0 aliphatic heterocycles. The predicted octanol–water partition coefficient (Wildman–Crippen LogP) is -0.582. The number of nitrogen functional groups attached to an aromatic ring is 1. The third kappa shape index (κ3) is 3.89. The summed E-state index contributed by atoms with van der Waals surface area (Å²) in [5, 5.41) is 2.49. The number of aromatic nitrogens is 1. The fraction of sp³-hybridized carbons (Fsp3) is 0.455. The molecule has 0 unspecified atom stereocenters. The van der Waals surface area contributed by atoms with Crippen molar-refractivity contribution >= 4 is 21.7 Å². The average Bonchev–Trinajstić information content (AvgIpc) is 2.44. The summed E-state index contributed by atoms with van der Waals surface area (Å²) in [7, 11) is -2.23. The minimum atomic E-state index is -3.73. The van der Waals surface area contributed by atoms with Crippen LogP contribution in [0.3, 0.4) is 0 Å². The summed E-state index contributed by atoms with van der Waals surface area (Å²) >= 11 is 0. The predicted molar refractivity (Wildman–Crippen MR) is 75.1 cm³/mol. The van der Waals surface area contributed by atoms with E-state index in [1.54, 1.807) is 13.8 Å². The van der Waals surface area contributed by atoms with Crippen molar-refractivity contribution in [1.29, 1.82) is 0 Å². The molecule has 0 radical (unpaired) electrons. The van der Waals surface area contributed by atoms with Crippen LogP contribution in [0, 0.1) is 5.41 Å². The highest BCUT2D eigenvalue weighted by Gasteiger charge is 2.29. The van der Waals surface area contributed by atoms with E-state index in [0.29, 0.717) is 0 Å². The normalized spacial score (nSPS) is 12.0. The lowest BCUT2D eigenvalue weighted by Gasteiger charge is -2.22. The molecule has 9 heteroatoms. The molecule has 112 valence electrons. The van der Waals surface area contributed by atoms with Gasteiger partial charge in [0.15, 0.2) is 0 Å². The fourth-order valence-corrected chi connectivity index (χ4v) is 2.66. The van der Waals surface area contributed by atoms with Gasteiger partial charge in [0.05, 0.1) is 10.3 Å². The van der Waals surface area contributed by atoms with Gasteiger partial charge in [-0.3, -0.25) is 4.79 Å². The van der Waals surface area contributed by atoms with Crippen molar-refractivity contribution in [2.24, 2.45) is 11.3 Å². The van der Waals surface area contributed by atoms with Crippen LogP contribution in [-0.4, -0.2) is 32.9 Å². The molecule has 0 saturated carbocycles. The number of sulfonamides is 1. The number of rotatable bonds is 6. The molecule has 1 aromatic rings. The van der Waals surface area contributed by atoms with Crippen LogP contribution in [0.1, 0.15) is 13.8 Å². The monoisotopic (exact) mass is 301 g/mol. The number of hydrazine groups is 1. The maximum atomic E-state index is 12.1. The molecule has 0 bridgehead atoms. The van der Waals surface area contributed by atoms with E-state index in [2.05, 4.69) is 20.4 Å². The van der Waals surface area contributed by atoms with Crippen molar-refractivity contribution in [2.45, 2.75) is 18.7 Å². The first-order valence-electron chi connectivity index (χ1n) is 5.87. The third-order valence-corrected chi connectivity index (χ3v) is 4.13. The molecule has 0 aliphatic rings. The third-order valence-electron chi connectivity index (χ3n) is 2.74. The second-order valence-electron chi connectivity index (χ2n) is 4.81. The molecule has 1 rings (SSSR count). The lowest BCUT2D eigenvalue weighted by molar-refractivity contribution is -0.128. The van der Waals surface area contributed by atoms with Gasteiger partial charge in [-0.2, -0.15) is 0 Å². The summed E-state index contributed by atoms with van der Waals surface area (Å²) < 4.78 is 26.6. The van der Waals surface area contributed by atoms with Gasteiger partial charge in [0.1, 0.15) is 5.82 Å². The van der Waals surface area contributed by atoms with Crippen molar-refractivity contribution in [1.82, 2.24) is 15.0 Å². The van der Waals surface area contributed by atoms with Crippen LogP contribution < -0.4 is 21.3 Å². The number of nitrogens with zero attached hydrogens (tertiary/aromatic N) is 1. The van der Waals surface area contributed by atoms with Crippen molar-refractivity contribution in [3.8, 4) is 0 Å². The molecule has 0 saturated heterocycles. The second-order valence-corrected chi connectivity index (χ2v) is 6.58. The SMILES string of the molecule is CNC(=O)C(C)(C)CNS(=O)(=O)c1ccnc(NN)c1. The second kappa shape index (κ2) is 6.16. The zero-order chi connectivity index (χ0) is 15.4. The first kappa shape index (κ1) is 16.3. The van der Waals surface area contributed by atoms with E-state index >= 15 is 0 Å². The number of hydrogen-bond acceptors (Lipinski definition) is 6. The maximum absolute atomic E-state index is 12.1. The summed E-state index contributed by atoms with van der Waals surface area (Å²) in [5.74, 6) is 5.17. The fourth-order valence-electron chi connectivity index (χ4n) is 1.43. The lowest BCUT2D eigenvalue weighted by Crippen LogP contribution is -2.43.